The maximum absolute atomic E-state index is 12.0. The summed E-state index contributed by atoms with van der Waals surface area (Å²) in [5, 5.41) is 19.0. The Balaban J connectivity index is 2.01. The van der Waals surface area contributed by atoms with E-state index >= 15 is 0 Å². The molecule has 4 heteroatoms. The number of hydrogen-bond acceptors (Lipinski definition) is 3. The maximum atomic E-state index is 12.0. The SMILES string of the molecule is CS(=O)c1cccc(C2=C(CCCCCCO)c3ccc(O)cc3CCC2)c1. The molecule has 28 heavy (non-hydrogen) atoms. The van der Waals surface area contributed by atoms with E-state index in [0.29, 0.717) is 5.75 Å². The molecule has 3 nitrogen and oxygen atoms in total. The molecule has 0 amide bonds. The van der Waals surface area contributed by atoms with Crippen molar-refractivity contribution in [3.63, 3.8) is 0 Å². The minimum atomic E-state index is -0.996. The van der Waals surface area contributed by atoms with Crippen LogP contribution < -0.4 is 0 Å². The second kappa shape index (κ2) is 10.0. The van der Waals surface area contributed by atoms with Gasteiger partial charge in [-0.3, -0.25) is 4.21 Å². The molecule has 0 spiro atoms. The molecule has 2 aromatic carbocycles. The van der Waals surface area contributed by atoms with Gasteiger partial charge in [-0.1, -0.05) is 31.0 Å². The molecule has 1 aliphatic rings. The molecule has 2 N–H and O–H groups in total. The van der Waals surface area contributed by atoms with Crippen LogP contribution in [0.2, 0.25) is 0 Å². The summed E-state index contributed by atoms with van der Waals surface area (Å²) in [6, 6.07) is 13.9. The van der Waals surface area contributed by atoms with Crippen molar-refractivity contribution in [1.82, 2.24) is 0 Å². The number of allylic oxidation sites excluding steroid dienone is 2. The molecule has 0 bridgehead atoms. The Bertz CT molecular complexity index is 870. The molecule has 3 rings (SSSR count). The number of aromatic hydroxyl groups is 1. The average Bonchev–Trinajstić information content (AvgIpc) is 2.87. The van der Waals surface area contributed by atoms with Gasteiger partial charge in [0.25, 0.3) is 0 Å². The molecule has 0 saturated heterocycles. The fourth-order valence-electron chi connectivity index (χ4n) is 4.08. The van der Waals surface area contributed by atoms with Crippen LogP contribution in [0.25, 0.3) is 11.1 Å². The quantitative estimate of drug-likeness (QED) is 0.592. The van der Waals surface area contributed by atoms with Crippen LogP contribution in [0, 0.1) is 0 Å². The lowest BCUT2D eigenvalue weighted by molar-refractivity contribution is 0.282. The van der Waals surface area contributed by atoms with Crippen molar-refractivity contribution < 1.29 is 14.4 Å². The standard InChI is InChI=1S/C24H30O3S/c1-28(27)21-10-6-8-19(17-21)22-12-7-9-18-16-20(26)13-14-23(18)24(22)11-4-2-3-5-15-25/h6,8,10,13-14,16-17,25-26H,2-5,7,9,11-12,15H2,1H3. The fraction of sp³-hybridized carbons (Fsp3) is 0.417. The van der Waals surface area contributed by atoms with E-state index in [-0.39, 0.29) is 6.61 Å². The monoisotopic (exact) mass is 398 g/mol. The Kier molecular flexibility index (Phi) is 7.46. The van der Waals surface area contributed by atoms with Gasteiger partial charge in [-0.25, -0.2) is 0 Å². The molecular weight excluding hydrogens is 368 g/mol. The van der Waals surface area contributed by atoms with Crippen LogP contribution >= 0.6 is 0 Å². The number of aliphatic hydroxyl groups excluding tert-OH is 1. The first-order valence-electron chi connectivity index (χ1n) is 10.2. The Morgan fingerprint density at radius 3 is 2.61 bits per heavy atom. The van der Waals surface area contributed by atoms with E-state index in [1.54, 1.807) is 12.3 Å². The minimum absolute atomic E-state index is 0.261. The summed E-state index contributed by atoms with van der Waals surface area (Å²) in [6.45, 7) is 0.261. The number of aliphatic hydroxyl groups is 1. The van der Waals surface area contributed by atoms with Crippen LogP contribution in [0.3, 0.4) is 0 Å². The van der Waals surface area contributed by atoms with Crippen LogP contribution in [-0.4, -0.2) is 27.3 Å². The summed E-state index contributed by atoms with van der Waals surface area (Å²) in [6.07, 6.45) is 9.79. The first-order valence-corrected chi connectivity index (χ1v) is 11.7. The summed E-state index contributed by atoms with van der Waals surface area (Å²) >= 11 is 0. The predicted octanol–water partition coefficient (Wildman–Crippen LogP) is 5.32. The highest BCUT2D eigenvalue weighted by molar-refractivity contribution is 7.84. The summed E-state index contributed by atoms with van der Waals surface area (Å²) in [5.74, 6) is 0.327. The molecule has 150 valence electrons. The van der Waals surface area contributed by atoms with Crippen LogP contribution in [0.1, 0.15) is 61.6 Å². The zero-order chi connectivity index (χ0) is 19.9. The van der Waals surface area contributed by atoms with Gasteiger partial charge in [0, 0.05) is 28.6 Å². The highest BCUT2D eigenvalue weighted by Gasteiger charge is 2.19. The molecule has 1 aliphatic carbocycles. The Labute approximate surface area is 170 Å². The largest absolute Gasteiger partial charge is 0.508 e. The first-order chi connectivity index (χ1) is 13.6. The molecule has 0 heterocycles. The van der Waals surface area contributed by atoms with Crippen molar-refractivity contribution in [2.75, 3.05) is 12.9 Å². The van der Waals surface area contributed by atoms with E-state index in [1.807, 2.05) is 18.2 Å². The highest BCUT2D eigenvalue weighted by Crippen LogP contribution is 2.40. The Morgan fingerprint density at radius 2 is 1.82 bits per heavy atom. The fourth-order valence-corrected chi connectivity index (χ4v) is 4.65. The van der Waals surface area contributed by atoms with E-state index in [1.165, 1.54) is 27.8 Å². The van der Waals surface area contributed by atoms with E-state index in [0.717, 1.165) is 56.3 Å². The first kappa shape index (κ1) is 20.8. The summed E-state index contributed by atoms with van der Waals surface area (Å²) in [4.78, 5) is 0.863. The number of aryl methyl sites for hydroxylation is 1. The van der Waals surface area contributed by atoms with Gasteiger partial charge in [-0.2, -0.15) is 0 Å². The number of fused-ring (bicyclic) bond motifs is 1. The van der Waals surface area contributed by atoms with Crippen LogP contribution in [0.15, 0.2) is 47.4 Å². The molecule has 0 aliphatic heterocycles. The number of unbranched alkanes of at least 4 members (excludes halogenated alkanes) is 3. The lowest BCUT2D eigenvalue weighted by Gasteiger charge is -2.17. The third-order valence-corrected chi connectivity index (χ3v) is 6.42. The third-order valence-electron chi connectivity index (χ3n) is 5.50. The van der Waals surface area contributed by atoms with Gasteiger partial charge in [-0.15, -0.1) is 0 Å². The summed E-state index contributed by atoms with van der Waals surface area (Å²) in [7, 11) is -0.996. The molecule has 1 unspecified atom stereocenters. The molecule has 2 aromatic rings. The van der Waals surface area contributed by atoms with Gasteiger partial charge in [0.15, 0.2) is 0 Å². The molecule has 0 saturated carbocycles. The van der Waals surface area contributed by atoms with Crippen molar-refractivity contribution in [3.8, 4) is 5.75 Å². The molecule has 0 radical (unpaired) electrons. The van der Waals surface area contributed by atoms with Crippen molar-refractivity contribution in [2.45, 2.75) is 56.3 Å². The molecular formula is C24H30O3S. The van der Waals surface area contributed by atoms with Crippen molar-refractivity contribution in [3.05, 3.63) is 59.2 Å². The van der Waals surface area contributed by atoms with Crippen molar-refractivity contribution in [2.24, 2.45) is 0 Å². The number of hydrogen-bond donors (Lipinski definition) is 2. The van der Waals surface area contributed by atoms with Crippen LogP contribution in [0.4, 0.5) is 0 Å². The lowest BCUT2D eigenvalue weighted by Crippen LogP contribution is -1.96. The third kappa shape index (κ3) is 5.12. The number of rotatable bonds is 8. The van der Waals surface area contributed by atoms with E-state index in [2.05, 4.69) is 18.2 Å². The van der Waals surface area contributed by atoms with Crippen LogP contribution in [0.5, 0.6) is 5.75 Å². The molecule has 0 fully saturated rings. The second-order valence-electron chi connectivity index (χ2n) is 7.52. The van der Waals surface area contributed by atoms with E-state index in [9.17, 15) is 9.32 Å². The van der Waals surface area contributed by atoms with E-state index < -0.39 is 10.8 Å². The second-order valence-corrected chi connectivity index (χ2v) is 8.90. The number of phenolic OH excluding ortho intramolecular Hbond substituents is 1. The predicted molar refractivity (Wildman–Crippen MR) is 117 cm³/mol. The van der Waals surface area contributed by atoms with Crippen LogP contribution in [-0.2, 0) is 17.2 Å². The van der Waals surface area contributed by atoms with Crippen molar-refractivity contribution in [1.29, 1.82) is 0 Å². The van der Waals surface area contributed by atoms with Gasteiger partial charge in [0.05, 0.1) is 0 Å². The normalized spacial score (nSPS) is 15.2. The number of phenols is 1. The average molecular weight is 399 g/mol. The lowest BCUT2D eigenvalue weighted by atomic mass is 9.89. The van der Waals surface area contributed by atoms with Gasteiger partial charge in [-0.05, 0) is 90.6 Å². The Hall–Kier alpha value is -1.91. The zero-order valence-corrected chi connectivity index (χ0v) is 17.4. The summed E-state index contributed by atoms with van der Waals surface area (Å²) in [5.41, 5.74) is 6.33. The molecule has 0 aromatic heterocycles. The zero-order valence-electron chi connectivity index (χ0n) is 16.6. The molecule has 1 atom stereocenters. The Morgan fingerprint density at radius 1 is 1.00 bits per heavy atom. The van der Waals surface area contributed by atoms with Gasteiger partial charge >= 0.3 is 0 Å². The summed E-state index contributed by atoms with van der Waals surface area (Å²) < 4.78 is 12.0. The van der Waals surface area contributed by atoms with E-state index in [4.69, 9.17) is 5.11 Å². The minimum Gasteiger partial charge on any atom is -0.508 e. The topological polar surface area (TPSA) is 57.5 Å². The maximum Gasteiger partial charge on any atom is 0.115 e. The van der Waals surface area contributed by atoms with Gasteiger partial charge in [0.1, 0.15) is 5.75 Å². The number of benzene rings is 2. The smallest absolute Gasteiger partial charge is 0.115 e. The highest BCUT2D eigenvalue weighted by atomic mass is 32.2. The van der Waals surface area contributed by atoms with Crippen molar-refractivity contribution >= 4 is 21.9 Å². The van der Waals surface area contributed by atoms with Gasteiger partial charge in [0.2, 0.25) is 0 Å². The van der Waals surface area contributed by atoms with Gasteiger partial charge < -0.3 is 10.2 Å².